The maximum atomic E-state index is 13.1. The summed E-state index contributed by atoms with van der Waals surface area (Å²) in [6.45, 7) is 1.91. The van der Waals surface area contributed by atoms with E-state index < -0.39 is 10.0 Å². The van der Waals surface area contributed by atoms with E-state index in [1.165, 1.54) is 26.3 Å². The molecule has 1 aliphatic rings. The molecule has 0 radical (unpaired) electrons. The molecule has 7 nitrogen and oxygen atoms in total. The maximum absolute atomic E-state index is 13.1. The van der Waals surface area contributed by atoms with Gasteiger partial charge in [0.05, 0.1) is 24.3 Å². The number of amides is 1. The number of carbonyl (C=O) groups excluding carboxylic acids is 1. The predicted octanol–water partition coefficient (Wildman–Crippen LogP) is 2.83. The van der Waals surface area contributed by atoms with Crippen LogP contribution < -0.4 is 0 Å². The number of rotatable bonds is 7. The highest BCUT2D eigenvalue weighted by Gasteiger charge is 2.38. The summed E-state index contributed by atoms with van der Waals surface area (Å²) in [6.07, 6.45) is 3.44. The Labute approximate surface area is 153 Å². The zero-order valence-electron chi connectivity index (χ0n) is 15.0. The minimum atomic E-state index is -3.82. The van der Waals surface area contributed by atoms with Crippen molar-refractivity contribution in [2.45, 2.75) is 36.7 Å². The third kappa shape index (κ3) is 3.53. The second-order valence-corrected chi connectivity index (χ2v) is 8.20. The molecule has 1 saturated carbocycles. The molecule has 0 N–H and O–H groups in total. The van der Waals surface area contributed by atoms with Crippen LogP contribution in [0.4, 0.5) is 0 Å². The normalized spacial score (nSPS) is 15.8. The van der Waals surface area contributed by atoms with Crippen LogP contribution in [-0.2, 0) is 14.9 Å². The Morgan fingerprint density at radius 1 is 1.27 bits per heavy atom. The minimum absolute atomic E-state index is 0.00842. The lowest BCUT2D eigenvalue weighted by Crippen LogP contribution is -2.35. The molecule has 1 heterocycles. The number of benzene rings is 1. The SMILES string of the molecule is CON(C)S(=O)(=O)c1cccc(C(=O)N(C2CC2)C(C)c2ccco2)c1. The van der Waals surface area contributed by atoms with Crippen molar-refractivity contribution in [3.63, 3.8) is 0 Å². The van der Waals surface area contributed by atoms with Gasteiger partial charge in [0.15, 0.2) is 0 Å². The Balaban J connectivity index is 1.92. The summed E-state index contributed by atoms with van der Waals surface area (Å²) in [7, 11) is -1.24. The van der Waals surface area contributed by atoms with Crippen molar-refractivity contribution in [1.29, 1.82) is 0 Å². The van der Waals surface area contributed by atoms with E-state index in [1.54, 1.807) is 29.4 Å². The zero-order chi connectivity index (χ0) is 18.9. The quantitative estimate of drug-likeness (QED) is 0.692. The average Bonchev–Trinajstić information content (AvgIpc) is 3.32. The molecule has 1 unspecified atom stereocenters. The Hall–Kier alpha value is -2.16. The molecule has 3 rings (SSSR count). The summed E-state index contributed by atoms with van der Waals surface area (Å²) < 4.78 is 31.1. The molecule has 140 valence electrons. The summed E-state index contributed by atoms with van der Waals surface area (Å²) in [5, 5.41) is 0. The number of nitrogens with zero attached hydrogens (tertiary/aromatic N) is 2. The molecule has 1 amide bonds. The second kappa shape index (κ2) is 7.22. The molecule has 1 aromatic heterocycles. The van der Waals surface area contributed by atoms with Crippen LogP contribution in [0.1, 0.15) is 41.9 Å². The van der Waals surface area contributed by atoms with Crippen LogP contribution in [0.3, 0.4) is 0 Å². The molecule has 1 aliphatic carbocycles. The molecular weight excluding hydrogens is 356 g/mol. The van der Waals surface area contributed by atoms with Gasteiger partial charge in [0.25, 0.3) is 15.9 Å². The zero-order valence-corrected chi connectivity index (χ0v) is 15.8. The smallest absolute Gasteiger partial charge is 0.264 e. The Bertz CT molecular complexity index is 875. The lowest BCUT2D eigenvalue weighted by molar-refractivity contribution is -0.0258. The topological polar surface area (TPSA) is 80.1 Å². The molecule has 1 atom stereocenters. The summed E-state index contributed by atoms with van der Waals surface area (Å²) in [5.74, 6) is 0.488. The van der Waals surface area contributed by atoms with E-state index in [2.05, 4.69) is 0 Å². The maximum Gasteiger partial charge on any atom is 0.264 e. The van der Waals surface area contributed by atoms with Crippen molar-refractivity contribution >= 4 is 15.9 Å². The fraction of sp³-hybridized carbons (Fsp3) is 0.389. The highest BCUT2D eigenvalue weighted by molar-refractivity contribution is 7.89. The van der Waals surface area contributed by atoms with Gasteiger partial charge in [-0.05, 0) is 50.1 Å². The van der Waals surface area contributed by atoms with Crippen molar-refractivity contribution < 1.29 is 22.5 Å². The van der Waals surface area contributed by atoms with E-state index in [0.717, 1.165) is 17.3 Å². The highest BCUT2D eigenvalue weighted by Crippen LogP contribution is 2.36. The summed E-state index contributed by atoms with van der Waals surface area (Å²) in [5.41, 5.74) is 0.320. The summed E-state index contributed by atoms with van der Waals surface area (Å²) in [4.78, 5) is 19.7. The number of hydroxylamine groups is 1. The standard InChI is InChI=1S/C18H22N2O5S/c1-13(17-8-5-11-25-17)20(15-9-10-15)18(21)14-6-4-7-16(12-14)26(22,23)19(2)24-3/h4-8,11-13,15H,9-10H2,1-3H3. The molecule has 1 aromatic carbocycles. The average molecular weight is 378 g/mol. The lowest BCUT2D eigenvalue weighted by Gasteiger charge is -2.28. The van der Waals surface area contributed by atoms with Gasteiger partial charge in [0, 0.05) is 18.7 Å². The fourth-order valence-electron chi connectivity index (χ4n) is 2.86. The molecule has 0 aliphatic heterocycles. The van der Waals surface area contributed by atoms with E-state index in [9.17, 15) is 13.2 Å². The monoisotopic (exact) mass is 378 g/mol. The van der Waals surface area contributed by atoms with Crippen molar-refractivity contribution in [3.05, 3.63) is 54.0 Å². The molecule has 0 spiro atoms. The van der Waals surface area contributed by atoms with Crippen molar-refractivity contribution in [2.75, 3.05) is 14.2 Å². The number of hydrogen-bond donors (Lipinski definition) is 0. The molecule has 0 saturated heterocycles. The van der Waals surface area contributed by atoms with E-state index in [1.807, 2.05) is 13.0 Å². The Morgan fingerprint density at radius 3 is 2.58 bits per heavy atom. The van der Waals surface area contributed by atoms with Gasteiger partial charge in [0.1, 0.15) is 5.76 Å². The van der Waals surface area contributed by atoms with Crippen LogP contribution in [0, 0.1) is 0 Å². The van der Waals surface area contributed by atoms with Gasteiger partial charge in [-0.15, -0.1) is 0 Å². The molecule has 26 heavy (non-hydrogen) atoms. The van der Waals surface area contributed by atoms with Gasteiger partial charge in [-0.2, -0.15) is 0 Å². The molecule has 1 fully saturated rings. The summed E-state index contributed by atoms with van der Waals surface area (Å²) in [6, 6.07) is 9.55. The molecule has 0 bridgehead atoms. The number of hydrogen-bond acceptors (Lipinski definition) is 5. The first kappa shape index (κ1) is 18.6. The summed E-state index contributed by atoms with van der Waals surface area (Å²) >= 11 is 0. The van der Waals surface area contributed by atoms with Crippen LogP contribution in [-0.4, -0.2) is 43.9 Å². The van der Waals surface area contributed by atoms with Crippen molar-refractivity contribution in [2.24, 2.45) is 0 Å². The van der Waals surface area contributed by atoms with Crippen LogP contribution in [0.2, 0.25) is 0 Å². The third-order valence-electron chi connectivity index (χ3n) is 4.52. The van der Waals surface area contributed by atoms with Gasteiger partial charge in [-0.1, -0.05) is 10.5 Å². The third-order valence-corrected chi connectivity index (χ3v) is 6.20. The minimum Gasteiger partial charge on any atom is -0.467 e. The first-order chi connectivity index (χ1) is 12.4. The molecule has 2 aromatic rings. The van der Waals surface area contributed by atoms with Crippen molar-refractivity contribution in [3.8, 4) is 0 Å². The number of sulfonamides is 1. The van der Waals surface area contributed by atoms with Gasteiger partial charge < -0.3 is 9.32 Å². The van der Waals surface area contributed by atoms with Crippen LogP contribution in [0.5, 0.6) is 0 Å². The molecule has 8 heteroatoms. The Kier molecular flexibility index (Phi) is 5.17. The van der Waals surface area contributed by atoms with Gasteiger partial charge >= 0.3 is 0 Å². The van der Waals surface area contributed by atoms with Crippen LogP contribution >= 0.6 is 0 Å². The van der Waals surface area contributed by atoms with Crippen molar-refractivity contribution in [1.82, 2.24) is 9.37 Å². The number of furan rings is 1. The van der Waals surface area contributed by atoms with Gasteiger partial charge in [-0.3, -0.25) is 9.63 Å². The van der Waals surface area contributed by atoms with Gasteiger partial charge in [0.2, 0.25) is 0 Å². The van der Waals surface area contributed by atoms with Crippen LogP contribution in [0.15, 0.2) is 52.0 Å². The Morgan fingerprint density at radius 2 is 2.00 bits per heavy atom. The fourth-order valence-corrected chi connectivity index (χ4v) is 3.88. The first-order valence-corrected chi connectivity index (χ1v) is 9.79. The first-order valence-electron chi connectivity index (χ1n) is 8.35. The van der Waals surface area contributed by atoms with E-state index >= 15 is 0 Å². The second-order valence-electron chi connectivity index (χ2n) is 6.26. The van der Waals surface area contributed by atoms with E-state index in [0.29, 0.717) is 11.3 Å². The van der Waals surface area contributed by atoms with E-state index in [4.69, 9.17) is 9.25 Å². The largest absolute Gasteiger partial charge is 0.467 e. The lowest BCUT2D eigenvalue weighted by atomic mass is 10.1. The van der Waals surface area contributed by atoms with Gasteiger partial charge in [-0.25, -0.2) is 8.42 Å². The molecular formula is C18H22N2O5S. The highest BCUT2D eigenvalue weighted by atomic mass is 32.2. The van der Waals surface area contributed by atoms with E-state index in [-0.39, 0.29) is 22.9 Å². The number of carbonyl (C=O) groups is 1. The van der Waals surface area contributed by atoms with Crippen LogP contribution in [0.25, 0.3) is 0 Å². The predicted molar refractivity (Wildman–Crippen MR) is 94.7 cm³/mol.